The first kappa shape index (κ1) is 30.6. The quantitative estimate of drug-likeness (QED) is 0.0650. The number of phenolic OH excluding ortho intramolecular Hbond substituents is 1. The van der Waals surface area contributed by atoms with Crippen molar-refractivity contribution in [2.24, 2.45) is 22.2 Å². The van der Waals surface area contributed by atoms with Crippen LogP contribution in [0.15, 0.2) is 29.3 Å². The number of nitrogens with two attached hydrogens (primary N) is 3. The van der Waals surface area contributed by atoms with E-state index in [1.54, 1.807) is 12.1 Å². The molecule has 0 spiro atoms. The van der Waals surface area contributed by atoms with Crippen molar-refractivity contribution in [1.29, 1.82) is 0 Å². The zero-order chi connectivity index (χ0) is 28.1. The largest absolute Gasteiger partial charge is 0.508 e. The van der Waals surface area contributed by atoms with Crippen molar-refractivity contribution in [2.45, 2.75) is 56.8 Å². The number of benzene rings is 1. The minimum atomic E-state index is -1.55. The van der Waals surface area contributed by atoms with E-state index in [4.69, 9.17) is 22.3 Å². The Balaban J connectivity index is 2.74. The fraction of sp³-hybridized carbons (Fsp3) is 0.455. The van der Waals surface area contributed by atoms with Gasteiger partial charge in [-0.2, -0.15) is 0 Å². The molecular formula is C22H33N7O8. The van der Waals surface area contributed by atoms with Gasteiger partial charge in [-0.1, -0.05) is 12.1 Å². The van der Waals surface area contributed by atoms with Crippen molar-refractivity contribution in [3.63, 3.8) is 0 Å². The fourth-order valence-electron chi connectivity index (χ4n) is 3.08. The number of guanidine groups is 1. The summed E-state index contributed by atoms with van der Waals surface area (Å²) in [7, 11) is 0. The number of aromatic hydroxyl groups is 1. The van der Waals surface area contributed by atoms with E-state index in [1.807, 2.05) is 0 Å². The third-order valence-electron chi connectivity index (χ3n) is 5.05. The Kier molecular flexibility index (Phi) is 12.3. The van der Waals surface area contributed by atoms with Crippen LogP contribution < -0.4 is 33.2 Å². The molecular weight excluding hydrogens is 490 g/mol. The van der Waals surface area contributed by atoms with Crippen LogP contribution in [0.3, 0.4) is 0 Å². The number of carbonyl (C=O) groups is 5. The second kappa shape index (κ2) is 14.9. The van der Waals surface area contributed by atoms with E-state index in [0.29, 0.717) is 5.56 Å². The predicted octanol–water partition coefficient (Wildman–Crippen LogP) is -2.65. The van der Waals surface area contributed by atoms with Crippen LogP contribution in [-0.4, -0.2) is 81.7 Å². The summed E-state index contributed by atoms with van der Waals surface area (Å²) in [5.41, 5.74) is 16.9. The Morgan fingerprint density at radius 3 is 2.05 bits per heavy atom. The summed E-state index contributed by atoms with van der Waals surface area (Å²) in [6.45, 7) is 1.42. The molecule has 4 atom stereocenters. The Morgan fingerprint density at radius 1 is 0.919 bits per heavy atom. The van der Waals surface area contributed by atoms with Gasteiger partial charge in [0.1, 0.15) is 23.9 Å². The molecule has 0 radical (unpaired) electrons. The van der Waals surface area contributed by atoms with Crippen molar-refractivity contribution < 1.29 is 39.3 Å². The summed E-state index contributed by atoms with van der Waals surface area (Å²) >= 11 is 0. The number of nitrogens with zero attached hydrogens (tertiary/aromatic N) is 1. The van der Waals surface area contributed by atoms with E-state index in [2.05, 4.69) is 20.9 Å². The number of carboxylic acids is 2. The van der Waals surface area contributed by atoms with Crippen LogP contribution in [0.4, 0.5) is 0 Å². The standard InChI is InChI=1S/C22H33N7O8/c1-11(18(33)28-15(21(36)37)3-2-8-26-22(24)25)27-20(35)16(10-17(31)32)29-19(34)14(23)9-12-4-6-13(30)7-5-12/h4-7,11,14-16,30H,2-3,8-10,23H2,1H3,(H,27,35)(H,28,33)(H,29,34)(H,31,32)(H,36,37)(H4,24,25,26). The van der Waals surface area contributed by atoms with Gasteiger partial charge < -0.3 is 48.5 Å². The number of phenols is 1. The summed E-state index contributed by atoms with van der Waals surface area (Å²) in [4.78, 5) is 64.0. The van der Waals surface area contributed by atoms with Crippen molar-refractivity contribution in [1.82, 2.24) is 16.0 Å². The molecule has 0 saturated carbocycles. The van der Waals surface area contributed by atoms with Crippen LogP contribution in [0.5, 0.6) is 5.75 Å². The van der Waals surface area contributed by atoms with Gasteiger partial charge in [-0.3, -0.25) is 24.2 Å². The summed E-state index contributed by atoms with van der Waals surface area (Å²) in [6, 6.07) is 0.688. The summed E-state index contributed by atoms with van der Waals surface area (Å²) < 4.78 is 0. The highest BCUT2D eigenvalue weighted by molar-refractivity contribution is 5.95. The van der Waals surface area contributed by atoms with Crippen molar-refractivity contribution in [3.05, 3.63) is 29.8 Å². The van der Waals surface area contributed by atoms with Crippen molar-refractivity contribution >= 4 is 35.6 Å². The predicted molar refractivity (Wildman–Crippen MR) is 131 cm³/mol. The van der Waals surface area contributed by atoms with Crippen LogP contribution in [0.2, 0.25) is 0 Å². The molecule has 15 heteroatoms. The highest BCUT2D eigenvalue weighted by Gasteiger charge is 2.29. The SMILES string of the molecule is CC(NC(=O)C(CC(=O)O)NC(=O)C(N)Cc1ccc(O)cc1)C(=O)NC(CCCN=C(N)N)C(=O)O. The van der Waals surface area contributed by atoms with E-state index in [9.17, 15) is 34.2 Å². The maximum atomic E-state index is 12.6. The summed E-state index contributed by atoms with van der Waals surface area (Å²) in [5.74, 6) is -5.46. The fourth-order valence-corrected chi connectivity index (χ4v) is 3.08. The zero-order valence-corrected chi connectivity index (χ0v) is 20.2. The monoisotopic (exact) mass is 523 g/mol. The Labute approximate surface area is 212 Å². The molecule has 204 valence electrons. The molecule has 0 aliphatic heterocycles. The average molecular weight is 524 g/mol. The molecule has 0 aliphatic carbocycles. The van der Waals surface area contributed by atoms with Gasteiger partial charge in [0.2, 0.25) is 17.7 Å². The van der Waals surface area contributed by atoms with E-state index in [0.717, 1.165) is 0 Å². The van der Waals surface area contributed by atoms with Crippen LogP contribution in [-0.2, 0) is 30.4 Å². The molecule has 0 fully saturated rings. The first-order valence-electron chi connectivity index (χ1n) is 11.2. The second-order valence-electron chi connectivity index (χ2n) is 8.21. The van der Waals surface area contributed by atoms with Crippen LogP contribution in [0, 0.1) is 0 Å². The molecule has 3 amide bonds. The van der Waals surface area contributed by atoms with Crippen molar-refractivity contribution in [2.75, 3.05) is 6.54 Å². The van der Waals surface area contributed by atoms with Gasteiger partial charge in [0, 0.05) is 6.54 Å². The number of hydrogen-bond acceptors (Lipinski definition) is 8. The van der Waals surface area contributed by atoms with Crippen LogP contribution >= 0.6 is 0 Å². The highest BCUT2D eigenvalue weighted by atomic mass is 16.4. The van der Waals surface area contributed by atoms with Gasteiger partial charge in [0.25, 0.3) is 0 Å². The normalized spacial score (nSPS) is 13.8. The molecule has 1 rings (SSSR count). The zero-order valence-electron chi connectivity index (χ0n) is 20.2. The van der Waals surface area contributed by atoms with E-state index in [1.165, 1.54) is 19.1 Å². The van der Waals surface area contributed by atoms with Crippen LogP contribution in [0.25, 0.3) is 0 Å². The summed E-state index contributed by atoms with van der Waals surface area (Å²) in [6.07, 6.45) is -0.478. The van der Waals surface area contributed by atoms with E-state index < -0.39 is 60.2 Å². The average Bonchev–Trinajstić information content (AvgIpc) is 2.81. The Morgan fingerprint density at radius 2 is 1.51 bits per heavy atom. The maximum absolute atomic E-state index is 12.6. The first-order chi connectivity index (χ1) is 17.3. The number of rotatable bonds is 15. The molecule has 4 unspecified atom stereocenters. The third kappa shape index (κ3) is 11.7. The maximum Gasteiger partial charge on any atom is 0.326 e. The molecule has 15 nitrogen and oxygen atoms in total. The van der Waals surface area contributed by atoms with Gasteiger partial charge in [-0.25, -0.2) is 4.79 Å². The Bertz CT molecular complexity index is 995. The number of carbonyl (C=O) groups excluding carboxylic acids is 3. The first-order valence-corrected chi connectivity index (χ1v) is 11.2. The third-order valence-corrected chi connectivity index (χ3v) is 5.05. The molecule has 0 heterocycles. The number of aliphatic imine (C=N–C) groups is 1. The number of amides is 3. The lowest BCUT2D eigenvalue weighted by molar-refractivity contribution is -0.143. The van der Waals surface area contributed by atoms with Gasteiger partial charge >= 0.3 is 11.9 Å². The Hall–Kier alpha value is -4.40. The molecule has 0 aromatic heterocycles. The van der Waals surface area contributed by atoms with E-state index >= 15 is 0 Å². The highest BCUT2D eigenvalue weighted by Crippen LogP contribution is 2.11. The van der Waals surface area contributed by atoms with Gasteiger partial charge in [0.15, 0.2) is 5.96 Å². The van der Waals surface area contributed by atoms with Crippen molar-refractivity contribution in [3.8, 4) is 5.75 Å². The topological polar surface area (TPSA) is 273 Å². The minimum Gasteiger partial charge on any atom is -0.508 e. The molecule has 1 aromatic rings. The molecule has 1 aromatic carbocycles. The number of aliphatic carboxylic acids is 2. The van der Waals surface area contributed by atoms with Gasteiger partial charge in [-0.15, -0.1) is 0 Å². The molecule has 0 aliphatic rings. The number of nitrogens with one attached hydrogen (secondary N) is 3. The van der Waals surface area contributed by atoms with E-state index in [-0.39, 0.29) is 37.5 Å². The smallest absolute Gasteiger partial charge is 0.326 e. The molecule has 0 saturated heterocycles. The lowest BCUT2D eigenvalue weighted by Gasteiger charge is -2.22. The van der Waals surface area contributed by atoms with Gasteiger partial charge in [-0.05, 0) is 43.9 Å². The number of carboxylic acid groups (broad SMARTS) is 2. The second-order valence-corrected chi connectivity index (χ2v) is 8.21. The summed E-state index contributed by atoms with van der Waals surface area (Å²) in [5, 5.41) is 34.6. The lowest BCUT2D eigenvalue weighted by atomic mass is 10.0. The van der Waals surface area contributed by atoms with Gasteiger partial charge in [0.05, 0.1) is 12.5 Å². The molecule has 37 heavy (non-hydrogen) atoms. The molecule has 12 N–H and O–H groups in total. The molecule has 0 bridgehead atoms. The van der Waals surface area contributed by atoms with Crippen LogP contribution in [0.1, 0.15) is 31.7 Å². The minimum absolute atomic E-state index is 0.00906. The lowest BCUT2D eigenvalue weighted by Crippen LogP contribution is -2.57. The number of hydrogen-bond donors (Lipinski definition) is 9.